The van der Waals surface area contributed by atoms with Crippen LogP contribution >= 0.6 is 0 Å². The van der Waals surface area contributed by atoms with Crippen LogP contribution in [-0.2, 0) is 54.6 Å². The summed E-state index contributed by atoms with van der Waals surface area (Å²) >= 11 is 0. The predicted molar refractivity (Wildman–Crippen MR) is 126 cm³/mol. The van der Waals surface area contributed by atoms with E-state index in [2.05, 4.69) is 19.1 Å². The lowest BCUT2D eigenvalue weighted by molar-refractivity contribution is -0.171. The van der Waals surface area contributed by atoms with E-state index < -0.39 is 17.4 Å². The number of ether oxygens (including phenoxy) is 4. The van der Waals surface area contributed by atoms with Crippen molar-refractivity contribution in [2.45, 2.75) is 53.8 Å². The Morgan fingerprint density at radius 1 is 0.848 bits per heavy atom. The fraction of sp³-hybridized carbons (Fsp3) is 0.481. The molecule has 0 amide bonds. The first-order valence-corrected chi connectivity index (χ1v) is 11.4. The van der Waals surface area contributed by atoms with Crippen molar-refractivity contribution in [3.8, 4) is 11.1 Å². The van der Waals surface area contributed by atoms with Crippen LogP contribution in [0.3, 0.4) is 0 Å². The highest BCUT2D eigenvalue weighted by Gasteiger charge is 2.54. The molecule has 178 valence electrons. The summed E-state index contributed by atoms with van der Waals surface area (Å²) in [5.41, 5.74) is 6.82. The Kier molecular flexibility index (Phi) is 7.92. The lowest BCUT2D eigenvalue weighted by Crippen LogP contribution is -2.43. The van der Waals surface area contributed by atoms with Crippen molar-refractivity contribution < 1.29 is 28.5 Å². The van der Waals surface area contributed by atoms with Gasteiger partial charge in [-0.05, 0) is 72.2 Å². The summed E-state index contributed by atoms with van der Waals surface area (Å²) in [5, 5.41) is 0. The molecule has 0 saturated carbocycles. The molecule has 0 heterocycles. The van der Waals surface area contributed by atoms with Crippen LogP contribution in [-0.4, -0.2) is 39.4 Å². The molecule has 0 saturated heterocycles. The van der Waals surface area contributed by atoms with Gasteiger partial charge in [0.2, 0.25) is 0 Å². The minimum absolute atomic E-state index is 0.198. The smallest absolute Gasteiger partial charge is 0.324 e. The molecule has 0 atom stereocenters. The number of carbonyl (C=O) groups excluding carboxylic acids is 2. The van der Waals surface area contributed by atoms with Gasteiger partial charge in [0.1, 0.15) is 0 Å². The zero-order valence-electron chi connectivity index (χ0n) is 20.5. The maximum atomic E-state index is 13.2. The molecule has 1 aliphatic carbocycles. The topological polar surface area (TPSA) is 71.1 Å². The molecule has 1 aliphatic rings. The normalized spacial score (nSPS) is 14.1. The molecule has 6 nitrogen and oxygen atoms in total. The molecular formula is C27H34O6. The van der Waals surface area contributed by atoms with Crippen LogP contribution in [0.15, 0.2) is 24.3 Å². The van der Waals surface area contributed by atoms with Gasteiger partial charge in [0.25, 0.3) is 0 Å². The molecule has 0 radical (unpaired) electrons. The van der Waals surface area contributed by atoms with E-state index >= 15 is 0 Å². The highest BCUT2D eigenvalue weighted by Crippen LogP contribution is 2.48. The summed E-state index contributed by atoms with van der Waals surface area (Å²) in [6.07, 6.45) is 0.475. The average molecular weight is 455 g/mol. The minimum atomic E-state index is -1.40. The van der Waals surface area contributed by atoms with Gasteiger partial charge < -0.3 is 18.9 Å². The fourth-order valence-corrected chi connectivity index (χ4v) is 4.95. The molecule has 0 fully saturated rings. The summed E-state index contributed by atoms with van der Waals surface area (Å²) in [6, 6.07) is 8.14. The summed E-state index contributed by atoms with van der Waals surface area (Å²) in [6.45, 7) is 8.78. The second-order valence-electron chi connectivity index (χ2n) is 8.47. The van der Waals surface area contributed by atoms with Gasteiger partial charge in [-0.1, -0.05) is 24.3 Å². The van der Waals surface area contributed by atoms with Crippen molar-refractivity contribution in [2.24, 2.45) is 5.41 Å². The minimum Gasteiger partial charge on any atom is -0.465 e. The number of hydrogen-bond donors (Lipinski definition) is 0. The van der Waals surface area contributed by atoms with E-state index in [1.807, 2.05) is 19.1 Å². The maximum absolute atomic E-state index is 13.2. The number of methoxy groups -OCH3 is 2. The maximum Gasteiger partial charge on any atom is 0.324 e. The van der Waals surface area contributed by atoms with Gasteiger partial charge in [0.05, 0.1) is 26.4 Å². The standard InChI is InChI=1S/C27H34O6/c1-7-32-25(28)27(26(29)33-8-2)13-20-18(4)22(15-30-5)23(16-31-6)24(21(20)14-27)19-12-10-9-11-17(19)3/h9-12H,7-8,13-16H2,1-6H3. The van der Waals surface area contributed by atoms with E-state index in [9.17, 15) is 9.59 Å². The first kappa shape index (κ1) is 24.9. The second kappa shape index (κ2) is 10.5. The Balaban J connectivity index is 2.35. The van der Waals surface area contributed by atoms with Gasteiger partial charge in [-0.15, -0.1) is 0 Å². The van der Waals surface area contributed by atoms with E-state index in [1.54, 1.807) is 28.1 Å². The Morgan fingerprint density at radius 3 is 1.94 bits per heavy atom. The molecule has 2 aromatic carbocycles. The Hall–Kier alpha value is -2.70. The summed E-state index contributed by atoms with van der Waals surface area (Å²) in [4.78, 5) is 26.5. The highest BCUT2D eigenvalue weighted by atomic mass is 16.6. The largest absolute Gasteiger partial charge is 0.465 e. The molecule has 0 spiro atoms. The van der Waals surface area contributed by atoms with Crippen LogP contribution in [0.4, 0.5) is 0 Å². The lowest BCUT2D eigenvalue weighted by atomic mass is 9.83. The second-order valence-corrected chi connectivity index (χ2v) is 8.47. The number of benzene rings is 2. The Morgan fingerprint density at radius 2 is 1.39 bits per heavy atom. The molecule has 3 rings (SSSR count). The van der Waals surface area contributed by atoms with Crippen LogP contribution in [0.25, 0.3) is 11.1 Å². The molecular weight excluding hydrogens is 420 g/mol. The number of fused-ring (bicyclic) bond motifs is 1. The van der Waals surface area contributed by atoms with Crippen molar-refractivity contribution in [3.05, 3.63) is 57.6 Å². The van der Waals surface area contributed by atoms with Gasteiger partial charge in [-0.2, -0.15) is 0 Å². The van der Waals surface area contributed by atoms with E-state index in [1.165, 1.54) is 0 Å². The number of esters is 2. The molecule has 2 aromatic rings. The number of rotatable bonds is 9. The van der Waals surface area contributed by atoms with Crippen molar-refractivity contribution in [2.75, 3.05) is 27.4 Å². The highest BCUT2D eigenvalue weighted by molar-refractivity contribution is 6.02. The summed E-state index contributed by atoms with van der Waals surface area (Å²) in [7, 11) is 3.33. The van der Waals surface area contributed by atoms with Crippen LogP contribution in [0.5, 0.6) is 0 Å². The van der Waals surface area contributed by atoms with Gasteiger partial charge in [0.15, 0.2) is 5.41 Å². The quantitative estimate of drug-likeness (QED) is 0.411. The zero-order chi connectivity index (χ0) is 24.2. The van der Waals surface area contributed by atoms with Gasteiger partial charge in [0, 0.05) is 27.1 Å². The zero-order valence-corrected chi connectivity index (χ0v) is 20.5. The van der Waals surface area contributed by atoms with Gasteiger partial charge in [-0.3, -0.25) is 9.59 Å². The molecule has 0 aromatic heterocycles. The molecule has 6 heteroatoms. The van der Waals surface area contributed by atoms with Crippen molar-refractivity contribution in [1.29, 1.82) is 0 Å². The average Bonchev–Trinajstić information content (AvgIpc) is 3.20. The van der Waals surface area contributed by atoms with E-state index in [0.717, 1.165) is 44.5 Å². The SMILES string of the molecule is CCOC(=O)C1(C(=O)OCC)Cc2c(C)c(COC)c(COC)c(-c3ccccc3C)c2C1. The molecule has 33 heavy (non-hydrogen) atoms. The number of hydrogen-bond acceptors (Lipinski definition) is 6. The molecule has 0 unspecified atom stereocenters. The molecule has 0 N–H and O–H groups in total. The van der Waals surface area contributed by atoms with Crippen LogP contribution in [0.2, 0.25) is 0 Å². The van der Waals surface area contributed by atoms with Gasteiger partial charge in [-0.25, -0.2) is 0 Å². The fourth-order valence-electron chi connectivity index (χ4n) is 4.95. The molecule has 0 bridgehead atoms. The van der Waals surface area contributed by atoms with Gasteiger partial charge >= 0.3 is 11.9 Å². The third kappa shape index (κ3) is 4.42. The van der Waals surface area contributed by atoms with E-state index in [-0.39, 0.29) is 26.1 Å². The van der Waals surface area contributed by atoms with E-state index in [0.29, 0.717) is 13.2 Å². The Bertz CT molecular complexity index is 1020. The lowest BCUT2D eigenvalue weighted by Gasteiger charge is -2.24. The number of aryl methyl sites for hydroxylation is 1. The molecule has 0 aliphatic heterocycles. The number of carbonyl (C=O) groups is 2. The predicted octanol–water partition coefficient (Wildman–Crippen LogP) is 4.47. The monoisotopic (exact) mass is 454 g/mol. The summed E-state index contributed by atoms with van der Waals surface area (Å²) in [5.74, 6) is -1.06. The van der Waals surface area contributed by atoms with Crippen LogP contribution < -0.4 is 0 Å². The Labute approximate surface area is 196 Å². The first-order chi connectivity index (χ1) is 15.9. The van der Waals surface area contributed by atoms with Crippen LogP contribution in [0.1, 0.15) is 47.2 Å². The van der Waals surface area contributed by atoms with Crippen LogP contribution in [0, 0.1) is 19.3 Å². The first-order valence-electron chi connectivity index (χ1n) is 11.4. The van der Waals surface area contributed by atoms with Crippen molar-refractivity contribution in [1.82, 2.24) is 0 Å². The third-order valence-corrected chi connectivity index (χ3v) is 6.52. The van der Waals surface area contributed by atoms with Crippen molar-refractivity contribution >= 4 is 11.9 Å². The van der Waals surface area contributed by atoms with E-state index in [4.69, 9.17) is 18.9 Å². The summed E-state index contributed by atoms with van der Waals surface area (Å²) < 4.78 is 22.0. The third-order valence-electron chi connectivity index (χ3n) is 6.52. The van der Waals surface area contributed by atoms with Crippen molar-refractivity contribution in [3.63, 3.8) is 0 Å².